The summed E-state index contributed by atoms with van der Waals surface area (Å²) >= 11 is 0. The fourth-order valence-corrected chi connectivity index (χ4v) is 0.118. The summed E-state index contributed by atoms with van der Waals surface area (Å²) in [5, 5.41) is 0. The van der Waals surface area contributed by atoms with Crippen LogP contribution >= 0.6 is 0 Å². The molecule has 0 fully saturated rings. The Morgan fingerprint density at radius 1 is 0.857 bits per heavy atom. The molecule has 0 heterocycles. The van der Waals surface area contributed by atoms with Gasteiger partial charge in [0.2, 0.25) is 0 Å². The first-order chi connectivity index (χ1) is 2.41. The van der Waals surface area contributed by atoms with Gasteiger partial charge in [0, 0.05) is 0 Å². The fourth-order valence-electron chi connectivity index (χ4n) is 0.118. The first-order valence-electron chi connectivity index (χ1n) is 1.82. The summed E-state index contributed by atoms with van der Waals surface area (Å²) in [7, 11) is 0. The van der Waals surface area contributed by atoms with Crippen molar-refractivity contribution in [1.82, 2.24) is 0 Å². The van der Waals surface area contributed by atoms with Crippen molar-refractivity contribution in [2.75, 3.05) is 13.1 Å². The van der Waals surface area contributed by atoms with Crippen molar-refractivity contribution < 1.29 is 0 Å². The molecule has 0 rings (SSSR count). The van der Waals surface area contributed by atoms with Crippen LogP contribution < -0.4 is 11.5 Å². The summed E-state index contributed by atoms with van der Waals surface area (Å²) in [6, 6.07) is 0. The average Bonchev–Trinajstić information content (AvgIpc) is 1.41. The van der Waals surface area contributed by atoms with Crippen LogP contribution in [-0.2, 0) is 0 Å². The summed E-state index contributed by atoms with van der Waals surface area (Å²) in [5.74, 6) is 0. The predicted molar refractivity (Wildman–Crippen MR) is 37.0 cm³/mol. The fraction of sp³-hybridized carbons (Fsp3) is 1.00. The zero-order valence-corrected chi connectivity index (χ0v) is 3.28. The molecule has 0 atom stereocenters. The maximum absolute atomic E-state index is 5.06. The molecular weight excluding hydrogens is 110 g/mol. The second-order valence-electron chi connectivity index (χ2n) is 0.931. The van der Waals surface area contributed by atoms with E-state index in [9.17, 15) is 0 Å². The molecule has 0 amide bonds. The molecule has 0 spiro atoms. The molecule has 0 aromatic carbocycles. The van der Waals surface area contributed by atoms with E-state index in [4.69, 9.17) is 11.5 Å². The summed E-state index contributed by atoms with van der Waals surface area (Å²) in [6.45, 7) is 1.44. The van der Waals surface area contributed by atoms with Gasteiger partial charge < -0.3 is 11.5 Å². The molecule has 0 saturated carbocycles. The molecule has 0 aliphatic heterocycles. The first-order valence-corrected chi connectivity index (χ1v) is 1.82. The predicted octanol–water partition coefficient (Wildman–Crippen LogP) is -2.00. The number of hydrogen-bond acceptors (Lipinski definition) is 2. The topological polar surface area (TPSA) is 52.0 Å². The van der Waals surface area contributed by atoms with Gasteiger partial charge in [0.05, 0.1) is 0 Å². The van der Waals surface area contributed by atoms with Crippen molar-refractivity contribution in [2.24, 2.45) is 11.5 Å². The Morgan fingerprint density at radius 2 is 1.14 bits per heavy atom. The van der Waals surface area contributed by atoms with E-state index in [1.165, 1.54) is 0 Å². The van der Waals surface area contributed by atoms with E-state index in [1.807, 2.05) is 0 Å². The first kappa shape index (κ1) is 16.0. The van der Waals surface area contributed by atoms with Gasteiger partial charge in [-0.2, -0.15) is 0 Å². The summed E-state index contributed by atoms with van der Waals surface area (Å²) in [5.41, 5.74) is 10.1. The quantitative estimate of drug-likeness (QED) is 0.416. The monoisotopic (exact) mass is 122 g/mol. The van der Waals surface area contributed by atoms with Gasteiger partial charge in [0.1, 0.15) is 0 Å². The molecule has 0 unspecified atom stereocenters. The standard InChI is InChI=1S/C3H10N2.2Na.2H/c4-2-1-3-5;;;;/h1-5H2;;;;. The third-order valence-corrected chi connectivity index (χ3v) is 0.408. The van der Waals surface area contributed by atoms with E-state index in [1.54, 1.807) is 0 Å². The molecule has 0 bridgehead atoms. The van der Waals surface area contributed by atoms with Crippen LogP contribution in [0, 0.1) is 0 Å². The van der Waals surface area contributed by atoms with Crippen molar-refractivity contribution >= 4 is 59.1 Å². The number of hydrogen-bond donors (Lipinski definition) is 2. The van der Waals surface area contributed by atoms with Gasteiger partial charge in [0.15, 0.2) is 0 Å². The van der Waals surface area contributed by atoms with Crippen molar-refractivity contribution in [3.63, 3.8) is 0 Å². The molecule has 0 aromatic rings. The molecule has 2 nitrogen and oxygen atoms in total. The summed E-state index contributed by atoms with van der Waals surface area (Å²) in [4.78, 5) is 0. The third kappa shape index (κ3) is 18.1. The van der Waals surface area contributed by atoms with E-state index in [0.29, 0.717) is 0 Å². The van der Waals surface area contributed by atoms with Gasteiger partial charge in [0.25, 0.3) is 0 Å². The minimum absolute atomic E-state index is 0. The Kier molecular flexibility index (Phi) is 35.7. The van der Waals surface area contributed by atoms with Gasteiger partial charge in [-0.25, -0.2) is 0 Å². The van der Waals surface area contributed by atoms with Crippen LogP contribution in [0.2, 0.25) is 0 Å². The zero-order chi connectivity index (χ0) is 4.12. The van der Waals surface area contributed by atoms with E-state index in [2.05, 4.69) is 0 Å². The van der Waals surface area contributed by atoms with Crippen molar-refractivity contribution in [2.45, 2.75) is 6.42 Å². The van der Waals surface area contributed by atoms with Crippen LogP contribution in [0.5, 0.6) is 0 Å². The van der Waals surface area contributed by atoms with E-state index in [-0.39, 0.29) is 59.1 Å². The van der Waals surface area contributed by atoms with Crippen LogP contribution in [0.3, 0.4) is 0 Å². The molecule has 7 heavy (non-hydrogen) atoms. The van der Waals surface area contributed by atoms with Crippen LogP contribution in [0.25, 0.3) is 0 Å². The van der Waals surface area contributed by atoms with Gasteiger partial charge in [-0.05, 0) is 19.5 Å². The Hall–Kier alpha value is 1.92. The Labute approximate surface area is 89.0 Å². The maximum atomic E-state index is 5.06. The van der Waals surface area contributed by atoms with E-state index in [0.717, 1.165) is 19.5 Å². The molecule has 4 N–H and O–H groups in total. The summed E-state index contributed by atoms with van der Waals surface area (Å²) in [6.07, 6.45) is 0.944. The molecule has 0 radical (unpaired) electrons. The Bertz CT molecular complexity index is 18.4. The second-order valence-corrected chi connectivity index (χ2v) is 0.931. The second kappa shape index (κ2) is 15.7. The van der Waals surface area contributed by atoms with Gasteiger partial charge in [-0.1, -0.05) is 0 Å². The molecule has 0 aliphatic rings. The van der Waals surface area contributed by atoms with Crippen LogP contribution in [0.4, 0.5) is 0 Å². The molecule has 0 aromatic heterocycles. The molecule has 0 aliphatic carbocycles. The summed E-state index contributed by atoms with van der Waals surface area (Å²) < 4.78 is 0. The Morgan fingerprint density at radius 3 is 1.14 bits per heavy atom. The van der Waals surface area contributed by atoms with Crippen molar-refractivity contribution in [3.05, 3.63) is 0 Å². The number of rotatable bonds is 2. The van der Waals surface area contributed by atoms with Crippen LogP contribution in [0.1, 0.15) is 6.42 Å². The van der Waals surface area contributed by atoms with E-state index < -0.39 is 0 Å². The van der Waals surface area contributed by atoms with Crippen LogP contribution in [-0.4, -0.2) is 72.2 Å². The Balaban J connectivity index is -0.0000000800. The molecule has 4 heteroatoms. The van der Waals surface area contributed by atoms with E-state index >= 15 is 0 Å². The van der Waals surface area contributed by atoms with Gasteiger partial charge in [-0.15, -0.1) is 0 Å². The molecule has 36 valence electrons. The van der Waals surface area contributed by atoms with Gasteiger partial charge in [-0.3, -0.25) is 0 Å². The van der Waals surface area contributed by atoms with Crippen molar-refractivity contribution in [3.8, 4) is 0 Å². The molecule has 0 saturated heterocycles. The zero-order valence-electron chi connectivity index (χ0n) is 3.28. The average molecular weight is 122 g/mol. The molecular formula is C3H12N2Na2. The minimum atomic E-state index is 0. The van der Waals surface area contributed by atoms with Crippen LogP contribution in [0.15, 0.2) is 0 Å². The SMILES string of the molecule is NCCCN.[NaH].[NaH]. The van der Waals surface area contributed by atoms with Gasteiger partial charge >= 0.3 is 59.1 Å². The normalized spacial score (nSPS) is 6.00. The van der Waals surface area contributed by atoms with Crippen molar-refractivity contribution in [1.29, 1.82) is 0 Å². The number of nitrogens with two attached hydrogens (primary N) is 2. The third-order valence-electron chi connectivity index (χ3n) is 0.408.